The lowest BCUT2D eigenvalue weighted by Gasteiger charge is -2.34. The largest absolute Gasteiger partial charge is 0.478 e. The third-order valence-corrected chi connectivity index (χ3v) is 6.35. The topological polar surface area (TPSA) is 147 Å². The Labute approximate surface area is 206 Å². The molecule has 0 fully saturated rings. The lowest BCUT2D eigenvalue weighted by molar-refractivity contribution is 0.0684. The Morgan fingerprint density at radius 3 is 2.03 bits per heavy atom. The van der Waals surface area contributed by atoms with Gasteiger partial charge in [-0.15, -0.1) is 0 Å². The summed E-state index contributed by atoms with van der Waals surface area (Å²) in [6.07, 6.45) is 4.73. The molecule has 36 heavy (non-hydrogen) atoms. The summed E-state index contributed by atoms with van der Waals surface area (Å²) in [7, 11) is -4.63. The smallest absolute Gasteiger partial charge is 0.335 e. The molecular weight excluding hydrogens is 488 g/mol. The molecule has 0 bridgehead atoms. The molecule has 1 aliphatic carbocycles. The summed E-state index contributed by atoms with van der Waals surface area (Å²) in [6.45, 7) is 0. The number of hydrogen-bond acceptors (Lipinski definition) is 6. The van der Waals surface area contributed by atoms with Crippen molar-refractivity contribution in [1.29, 1.82) is 0 Å². The summed E-state index contributed by atoms with van der Waals surface area (Å²) in [5, 5.41) is 18.5. The van der Waals surface area contributed by atoms with Gasteiger partial charge in [0.05, 0.1) is 11.1 Å². The van der Waals surface area contributed by atoms with Crippen LogP contribution in [0.5, 0.6) is 11.5 Å². The zero-order valence-corrected chi connectivity index (χ0v) is 19.4. The van der Waals surface area contributed by atoms with E-state index in [2.05, 4.69) is 0 Å². The van der Waals surface area contributed by atoms with E-state index in [-0.39, 0.29) is 39.5 Å². The number of carbonyl (C=O) groups is 2. The van der Waals surface area contributed by atoms with E-state index in [9.17, 15) is 32.8 Å². The molecule has 184 valence electrons. The number of carboxylic acids is 2. The number of benzene rings is 3. The molecule has 1 aliphatic rings. The van der Waals surface area contributed by atoms with Gasteiger partial charge >= 0.3 is 11.9 Å². The van der Waals surface area contributed by atoms with Crippen molar-refractivity contribution in [2.24, 2.45) is 0 Å². The van der Waals surface area contributed by atoms with Crippen molar-refractivity contribution >= 4 is 22.1 Å². The summed E-state index contributed by atoms with van der Waals surface area (Å²) in [5.74, 6) is -1.47. The first-order valence-corrected chi connectivity index (χ1v) is 12.0. The molecule has 0 aromatic heterocycles. The van der Waals surface area contributed by atoms with Crippen LogP contribution in [0.2, 0.25) is 0 Å². The average molecular weight is 509 g/mol. The maximum absolute atomic E-state index is 12.1. The highest BCUT2D eigenvalue weighted by Gasteiger charge is 2.38. The second-order valence-corrected chi connectivity index (χ2v) is 9.26. The van der Waals surface area contributed by atoms with Gasteiger partial charge in [-0.25, -0.2) is 9.59 Å². The number of allylic oxidation sites excluding steroid dienone is 1. The van der Waals surface area contributed by atoms with Crippen molar-refractivity contribution in [3.63, 3.8) is 0 Å². The third-order valence-electron chi connectivity index (χ3n) is 5.44. The van der Waals surface area contributed by atoms with Gasteiger partial charge in [-0.1, -0.05) is 30.3 Å². The molecule has 4 rings (SSSR count). The molecule has 0 spiro atoms. The van der Waals surface area contributed by atoms with Gasteiger partial charge in [0.1, 0.15) is 22.2 Å². The van der Waals surface area contributed by atoms with Crippen molar-refractivity contribution in [1.82, 2.24) is 0 Å². The molecule has 0 aliphatic heterocycles. The molecule has 0 radical (unpaired) electrons. The summed E-state index contributed by atoms with van der Waals surface area (Å²) in [4.78, 5) is 22.3. The maximum Gasteiger partial charge on any atom is 0.335 e. The van der Waals surface area contributed by atoms with E-state index in [4.69, 9.17) is 9.47 Å². The number of hydrogen-bond donors (Lipinski definition) is 3. The molecule has 1 unspecified atom stereocenters. The van der Waals surface area contributed by atoms with Crippen molar-refractivity contribution in [2.75, 3.05) is 0 Å². The quantitative estimate of drug-likeness (QED) is 0.373. The molecule has 9 nitrogen and oxygen atoms in total. The third kappa shape index (κ3) is 5.29. The van der Waals surface area contributed by atoms with Gasteiger partial charge in [-0.05, 0) is 60.7 Å². The van der Waals surface area contributed by atoms with Gasteiger partial charge < -0.3 is 19.7 Å². The van der Waals surface area contributed by atoms with Crippen LogP contribution in [0.1, 0.15) is 32.7 Å². The molecule has 3 aromatic carbocycles. The Morgan fingerprint density at radius 1 is 0.833 bits per heavy atom. The first-order chi connectivity index (χ1) is 17.1. The zero-order valence-electron chi connectivity index (χ0n) is 18.6. The number of rotatable bonds is 8. The van der Waals surface area contributed by atoms with Crippen LogP contribution < -0.4 is 9.47 Å². The lowest BCUT2D eigenvalue weighted by atomic mass is 9.86. The molecule has 0 amide bonds. The van der Waals surface area contributed by atoms with E-state index in [1.54, 1.807) is 24.3 Å². The van der Waals surface area contributed by atoms with Crippen molar-refractivity contribution in [2.45, 2.75) is 16.9 Å². The predicted molar refractivity (Wildman–Crippen MR) is 128 cm³/mol. The fourth-order valence-corrected chi connectivity index (χ4v) is 4.55. The summed E-state index contributed by atoms with van der Waals surface area (Å²) in [5.41, 5.74) is -1.29. The van der Waals surface area contributed by atoms with E-state index in [0.29, 0.717) is 5.76 Å². The van der Waals surface area contributed by atoms with Gasteiger partial charge in [0.2, 0.25) is 0 Å². The Morgan fingerprint density at radius 2 is 1.44 bits per heavy atom. The average Bonchev–Trinajstić information content (AvgIpc) is 2.85. The highest BCUT2D eigenvalue weighted by molar-refractivity contribution is 7.85. The van der Waals surface area contributed by atoms with E-state index >= 15 is 0 Å². The highest BCUT2D eigenvalue weighted by atomic mass is 32.2. The molecule has 3 N–H and O–H groups in total. The fraction of sp³-hybridized carbons (Fsp3) is 0.0769. The van der Waals surface area contributed by atoms with Crippen molar-refractivity contribution in [3.05, 3.63) is 113 Å². The van der Waals surface area contributed by atoms with Crippen molar-refractivity contribution in [3.8, 4) is 11.5 Å². The highest BCUT2D eigenvalue weighted by Crippen LogP contribution is 2.40. The molecule has 0 saturated heterocycles. The summed E-state index contributed by atoms with van der Waals surface area (Å²) < 4.78 is 46.1. The molecule has 1 atom stereocenters. The van der Waals surface area contributed by atoms with Gasteiger partial charge in [0, 0.05) is 12.0 Å². The standard InChI is InChI=1S/C26H20O9S/c27-24(28)17-5-3-7-20(15-17)34-19-11-13-26(14-12-19,22-9-1-2-10-23(22)36(31,32)33)35-21-8-4-6-18(16-21)25(29)30/h1-13,15-16H,14H2,(H,27,28)(H,29,30)(H,31,32,33). The van der Waals surface area contributed by atoms with Gasteiger partial charge in [-0.3, -0.25) is 4.55 Å². The molecule has 3 aromatic rings. The van der Waals surface area contributed by atoms with Crippen LogP contribution in [0.3, 0.4) is 0 Å². The first kappa shape index (κ1) is 24.7. The summed E-state index contributed by atoms with van der Waals surface area (Å²) >= 11 is 0. The Kier molecular flexibility index (Phi) is 6.65. The Hall–Kier alpha value is -4.41. The van der Waals surface area contributed by atoms with Gasteiger partial charge in [0.15, 0.2) is 5.60 Å². The Bertz CT molecular complexity index is 1510. The van der Waals surface area contributed by atoms with Crippen LogP contribution in [0.15, 0.2) is 102 Å². The van der Waals surface area contributed by atoms with Crippen LogP contribution in [-0.2, 0) is 15.7 Å². The lowest BCUT2D eigenvalue weighted by Crippen LogP contribution is -2.34. The number of ether oxygens (including phenoxy) is 2. The minimum absolute atomic E-state index is 0.0246. The maximum atomic E-state index is 12.1. The van der Waals surface area contributed by atoms with Crippen LogP contribution in [-0.4, -0.2) is 35.1 Å². The van der Waals surface area contributed by atoms with Crippen LogP contribution in [0.25, 0.3) is 0 Å². The monoisotopic (exact) mass is 508 g/mol. The van der Waals surface area contributed by atoms with Crippen LogP contribution in [0, 0.1) is 0 Å². The fourth-order valence-electron chi connectivity index (χ4n) is 3.78. The second kappa shape index (κ2) is 9.68. The zero-order chi connectivity index (χ0) is 25.9. The van der Waals surface area contributed by atoms with Crippen LogP contribution in [0.4, 0.5) is 0 Å². The van der Waals surface area contributed by atoms with E-state index in [0.717, 1.165) is 0 Å². The first-order valence-electron chi connectivity index (χ1n) is 10.6. The normalized spacial score (nSPS) is 17.2. The summed E-state index contributed by atoms with van der Waals surface area (Å²) in [6, 6.07) is 17.4. The molecular formula is C26H20O9S. The Balaban J connectivity index is 1.73. The molecule has 0 heterocycles. The van der Waals surface area contributed by atoms with E-state index in [1.165, 1.54) is 66.7 Å². The minimum Gasteiger partial charge on any atom is -0.478 e. The minimum atomic E-state index is -4.63. The predicted octanol–water partition coefficient (Wildman–Crippen LogP) is 4.53. The molecule has 0 saturated carbocycles. The number of aromatic carboxylic acids is 2. The SMILES string of the molecule is O=C(O)c1cccc(OC2=CCC(Oc3cccc(C(=O)O)c3)(c3ccccc3S(=O)(=O)O)C=C2)c1. The van der Waals surface area contributed by atoms with Gasteiger partial charge in [0.25, 0.3) is 10.1 Å². The van der Waals surface area contributed by atoms with Crippen LogP contribution >= 0.6 is 0 Å². The second-order valence-electron chi connectivity index (χ2n) is 7.87. The number of carboxylic acid groups (broad SMARTS) is 2. The molecule has 10 heteroatoms. The van der Waals surface area contributed by atoms with E-state index in [1.807, 2.05) is 0 Å². The van der Waals surface area contributed by atoms with Crippen molar-refractivity contribution < 1.29 is 42.2 Å². The van der Waals surface area contributed by atoms with Gasteiger partial charge in [-0.2, -0.15) is 8.42 Å². The van der Waals surface area contributed by atoms with E-state index < -0.39 is 27.7 Å².